The molecular weight excluding hydrogens is 308 g/mol. The van der Waals surface area contributed by atoms with Crippen molar-refractivity contribution in [3.8, 4) is 0 Å². The fraction of sp³-hybridized carbons (Fsp3) is 0. The van der Waals surface area contributed by atoms with Gasteiger partial charge in [-0.05, 0) is 40.6 Å². The number of amides is 1. The number of fused-ring (bicyclic) bond motifs is 1. The van der Waals surface area contributed by atoms with Crippen molar-refractivity contribution in [3.63, 3.8) is 0 Å². The maximum atomic E-state index is 11.0. The Bertz CT molecular complexity index is 875. The second-order valence-electron chi connectivity index (χ2n) is 4.29. The largest absolute Gasteiger partial charge is 0.366 e. The minimum absolute atomic E-state index is 0.101. The minimum Gasteiger partial charge on any atom is -0.366 e. The van der Waals surface area contributed by atoms with Crippen LogP contribution in [0, 0.1) is 10.1 Å². The Labute approximate surface area is 127 Å². The highest BCUT2D eigenvalue weighted by atomic mass is 32.2. The summed E-state index contributed by atoms with van der Waals surface area (Å²) in [6.45, 7) is 0. The van der Waals surface area contributed by atoms with Crippen LogP contribution in [-0.2, 0) is 0 Å². The number of primary amides is 1. The van der Waals surface area contributed by atoms with Gasteiger partial charge in [-0.25, -0.2) is 4.63 Å². The second kappa shape index (κ2) is 5.45. The van der Waals surface area contributed by atoms with E-state index in [4.69, 9.17) is 5.73 Å². The molecule has 0 aliphatic rings. The van der Waals surface area contributed by atoms with Gasteiger partial charge in [0.05, 0.1) is 4.92 Å². The summed E-state index contributed by atoms with van der Waals surface area (Å²) in [5, 5.41) is 18.2. The zero-order valence-corrected chi connectivity index (χ0v) is 11.7. The monoisotopic (exact) mass is 316 g/mol. The lowest BCUT2D eigenvalue weighted by molar-refractivity contribution is -0.383. The zero-order valence-electron chi connectivity index (χ0n) is 10.9. The molecule has 3 aromatic rings. The van der Waals surface area contributed by atoms with Crippen LogP contribution in [0.4, 0.5) is 5.69 Å². The number of hydrogen-bond acceptors (Lipinski definition) is 7. The first-order valence-corrected chi connectivity index (χ1v) is 6.85. The topological polar surface area (TPSA) is 125 Å². The number of nitro benzene ring substituents is 1. The van der Waals surface area contributed by atoms with E-state index in [1.807, 2.05) is 0 Å². The molecule has 0 atom stereocenters. The number of rotatable bonds is 4. The van der Waals surface area contributed by atoms with Crippen molar-refractivity contribution in [1.82, 2.24) is 10.3 Å². The summed E-state index contributed by atoms with van der Waals surface area (Å²) >= 11 is 1.33. The maximum Gasteiger partial charge on any atom is 0.300 e. The summed E-state index contributed by atoms with van der Waals surface area (Å²) in [5.74, 6) is -0.505. The molecule has 2 N–H and O–H groups in total. The number of nitro groups is 1. The molecule has 0 unspecified atom stereocenters. The molecule has 0 aliphatic carbocycles. The van der Waals surface area contributed by atoms with Crippen molar-refractivity contribution >= 4 is 34.4 Å². The smallest absolute Gasteiger partial charge is 0.300 e. The number of nitrogens with zero attached hydrogens (tertiary/aromatic N) is 3. The predicted molar refractivity (Wildman–Crippen MR) is 77.5 cm³/mol. The van der Waals surface area contributed by atoms with E-state index in [0.717, 1.165) is 4.90 Å². The highest BCUT2D eigenvalue weighted by Crippen LogP contribution is 2.35. The Morgan fingerprint density at radius 1 is 1.14 bits per heavy atom. The van der Waals surface area contributed by atoms with E-state index in [-0.39, 0.29) is 11.2 Å². The molecule has 2 aromatic carbocycles. The van der Waals surface area contributed by atoms with Gasteiger partial charge in [0.25, 0.3) is 0 Å². The van der Waals surface area contributed by atoms with Crippen LogP contribution in [0.2, 0.25) is 0 Å². The number of carbonyl (C=O) groups is 1. The number of carbonyl (C=O) groups excluding carboxylic acids is 1. The normalized spacial score (nSPS) is 10.7. The first kappa shape index (κ1) is 14.0. The van der Waals surface area contributed by atoms with Crippen LogP contribution < -0.4 is 5.73 Å². The quantitative estimate of drug-likeness (QED) is 0.578. The molecule has 0 saturated carbocycles. The third-order valence-electron chi connectivity index (χ3n) is 2.92. The molecule has 0 spiro atoms. The highest BCUT2D eigenvalue weighted by molar-refractivity contribution is 7.99. The van der Waals surface area contributed by atoms with Crippen molar-refractivity contribution in [2.75, 3.05) is 0 Å². The maximum absolute atomic E-state index is 11.0. The summed E-state index contributed by atoms with van der Waals surface area (Å²) in [6.07, 6.45) is 0. The van der Waals surface area contributed by atoms with Gasteiger partial charge < -0.3 is 5.73 Å². The molecule has 1 amide bonds. The lowest BCUT2D eigenvalue weighted by atomic mass is 10.2. The molecule has 9 heteroatoms. The molecule has 0 bridgehead atoms. The van der Waals surface area contributed by atoms with E-state index in [2.05, 4.69) is 14.9 Å². The van der Waals surface area contributed by atoms with Gasteiger partial charge in [0.15, 0.2) is 5.52 Å². The van der Waals surface area contributed by atoms with E-state index in [9.17, 15) is 14.9 Å². The van der Waals surface area contributed by atoms with Gasteiger partial charge in [0, 0.05) is 21.4 Å². The number of nitrogens with two attached hydrogens (primary N) is 1. The van der Waals surface area contributed by atoms with Gasteiger partial charge in [-0.1, -0.05) is 11.8 Å². The summed E-state index contributed by atoms with van der Waals surface area (Å²) < 4.78 is 4.61. The van der Waals surface area contributed by atoms with Gasteiger partial charge in [0.2, 0.25) is 11.4 Å². The summed E-state index contributed by atoms with van der Waals surface area (Å²) in [5.41, 5.74) is 5.84. The molecule has 0 radical (unpaired) electrons. The van der Waals surface area contributed by atoms with Crippen LogP contribution >= 0.6 is 11.8 Å². The van der Waals surface area contributed by atoms with Crippen LogP contribution in [0.3, 0.4) is 0 Å². The van der Waals surface area contributed by atoms with Gasteiger partial charge in [-0.2, -0.15) is 0 Å². The van der Waals surface area contributed by atoms with Crippen molar-refractivity contribution < 1.29 is 14.3 Å². The van der Waals surface area contributed by atoms with Crippen molar-refractivity contribution in [2.24, 2.45) is 5.73 Å². The van der Waals surface area contributed by atoms with Crippen molar-refractivity contribution in [2.45, 2.75) is 9.79 Å². The fourth-order valence-corrected chi connectivity index (χ4v) is 2.77. The Kier molecular flexibility index (Phi) is 3.47. The molecule has 0 fully saturated rings. The molecule has 3 rings (SSSR count). The van der Waals surface area contributed by atoms with Gasteiger partial charge in [-0.15, -0.1) is 0 Å². The van der Waals surface area contributed by atoms with E-state index in [1.165, 1.54) is 17.8 Å². The average Bonchev–Trinajstić information content (AvgIpc) is 2.97. The summed E-state index contributed by atoms with van der Waals surface area (Å²) in [4.78, 5) is 22.9. The average molecular weight is 316 g/mol. The zero-order chi connectivity index (χ0) is 15.7. The second-order valence-corrected chi connectivity index (χ2v) is 5.41. The van der Waals surface area contributed by atoms with E-state index in [1.54, 1.807) is 30.3 Å². The Morgan fingerprint density at radius 2 is 1.82 bits per heavy atom. The van der Waals surface area contributed by atoms with Gasteiger partial charge in [0.1, 0.15) is 0 Å². The predicted octanol–water partition coefficient (Wildman–Crippen LogP) is 2.38. The van der Waals surface area contributed by atoms with E-state index >= 15 is 0 Å². The fourth-order valence-electron chi connectivity index (χ4n) is 1.87. The van der Waals surface area contributed by atoms with Crippen molar-refractivity contribution in [3.05, 3.63) is 52.1 Å². The standard InChI is InChI=1S/C13H8N4O4S/c14-13(18)7-1-3-8(4-2-7)22-10-6-5-9(17(19)20)11-12(10)16-21-15-11/h1-6H,(H2,14,18). The van der Waals surface area contributed by atoms with Crippen LogP contribution in [0.15, 0.2) is 50.8 Å². The molecule has 110 valence electrons. The molecule has 1 aromatic heterocycles. The van der Waals surface area contributed by atoms with Crippen LogP contribution in [0.5, 0.6) is 0 Å². The molecular formula is C13H8N4O4S. The van der Waals surface area contributed by atoms with Crippen LogP contribution in [-0.4, -0.2) is 21.1 Å². The third-order valence-corrected chi connectivity index (χ3v) is 3.98. The molecule has 0 aliphatic heterocycles. The Balaban J connectivity index is 1.97. The third kappa shape index (κ3) is 2.49. The number of aromatic nitrogens is 2. The lowest BCUT2D eigenvalue weighted by Gasteiger charge is -2.03. The Hall–Kier alpha value is -2.94. The summed E-state index contributed by atoms with van der Waals surface area (Å²) in [7, 11) is 0. The van der Waals surface area contributed by atoms with Crippen molar-refractivity contribution in [1.29, 1.82) is 0 Å². The number of benzene rings is 2. The molecule has 0 saturated heterocycles. The van der Waals surface area contributed by atoms with Gasteiger partial charge >= 0.3 is 5.69 Å². The van der Waals surface area contributed by atoms with E-state index in [0.29, 0.717) is 16.0 Å². The first-order chi connectivity index (χ1) is 10.6. The lowest BCUT2D eigenvalue weighted by Crippen LogP contribution is -2.10. The molecule has 22 heavy (non-hydrogen) atoms. The minimum atomic E-state index is -0.539. The molecule has 8 nitrogen and oxygen atoms in total. The Morgan fingerprint density at radius 3 is 2.45 bits per heavy atom. The number of non-ortho nitro benzene ring substituents is 1. The van der Waals surface area contributed by atoms with Crippen LogP contribution in [0.25, 0.3) is 11.0 Å². The van der Waals surface area contributed by atoms with Gasteiger partial charge in [-0.3, -0.25) is 14.9 Å². The molecule has 1 heterocycles. The van der Waals surface area contributed by atoms with Crippen LogP contribution in [0.1, 0.15) is 10.4 Å². The highest BCUT2D eigenvalue weighted by Gasteiger charge is 2.20. The van der Waals surface area contributed by atoms with E-state index < -0.39 is 10.8 Å². The first-order valence-electron chi connectivity index (χ1n) is 6.03. The number of hydrogen-bond donors (Lipinski definition) is 1. The summed E-state index contributed by atoms with van der Waals surface area (Å²) in [6, 6.07) is 9.60. The SMILES string of the molecule is NC(=O)c1ccc(Sc2ccc([N+](=O)[O-])c3nonc23)cc1.